The van der Waals surface area contributed by atoms with Crippen LogP contribution in [-0.4, -0.2) is 33.5 Å². The zero-order chi connectivity index (χ0) is 12.4. The van der Waals surface area contributed by atoms with Gasteiger partial charge in [-0.2, -0.15) is 0 Å². The number of rotatable bonds is 1. The fraction of sp³-hybridized carbons (Fsp3) is 0.182. The highest BCUT2D eigenvalue weighted by molar-refractivity contribution is 8.14. The molecule has 7 heteroatoms. The van der Waals surface area contributed by atoms with Crippen molar-refractivity contribution in [3.8, 4) is 0 Å². The number of carbonyl (C=O) groups is 1. The molecule has 0 atom stereocenters. The molecule has 0 aliphatic carbocycles. The number of hydrogen-bond donors (Lipinski definition) is 3. The summed E-state index contributed by atoms with van der Waals surface area (Å²) >= 11 is 1.55. The molecule has 0 bridgehead atoms. The van der Waals surface area contributed by atoms with Gasteiger partial charge >= 0.3 is 6.03 Å². The molecule has 0 spiro atoms. The first-order valence-corrected chi connectivity index (χ1v) is 6.48. The molecule has 2 amide bonds. The van der Waals surface area contributed by atoms with E-state index in [1.54, 1.807) is 18.1 Å². The average molecular weight is 261 g/mol. The minimum Gasteiger partial charge on any atom is -0.345 e. The van der Waals surface area contributed by atoms with Crippen molar-refractivity contribution in [3.63, 3.8) is 0 Å². The highest BCUT2D eigenvalue weighted by atomic mass is 32.2. The quantitative estimate of drug-likeness (QED) is 0.732. The van der Waals surface area contributed by atoms with E-state index in [1.165, 1.54) is 0 Å². The summed E-state index contributed by atoms with van der Waals surface area (Å²) in [4.78, 5) is 23.0. The Morgan fingerprint density at radius 3 is 3.17 bits per heavy atom. The molecular weight excluding hydrogens is 250 g/mol. The topological polar surface area (TPSA) is 82.2 Å². The molecule has 92 valence electrons. The zero-order valence-electron chi connectivity index (χ0n) is 9.43. The summed E-state index contributed by atoms with van der Waals surface area (Å²) in [6.45, 7) is 0.764. The second kappa shape index (κ2) is 4.69. The van der Waals surface area contributed by atoms with E-state index in [0.717, 1.165) is 23.3 Å². The number of amidine groups is 1. The van der Waals surface area contributed by atoms with Crippen molar-refractivity contribution >= 4 is 39.7 Å². The maximum absolute atomic E-state index is 11.7. The predicted octanol–water partition coefficient (Wildman–Crippen LogP) is 1.79. The van der Waals surface area contributed by atoms with Gasteiger partial charge in [-0.3, -0.25) is 10.3 Å². The summed E-state index contributed by atoms with van der Waals surface area (Å²) in [6, 6.07) is 5.23. The zero-order valence-corrected chi connectivity index (χ0v) is 10.3. The Morgan fingerprint density at radius 2 is 2.33 bits per heavy atom. The molecular formula is C11H11N5OS. The Morgan fingerprint density at radius 1 is 1.39 bits per heavy atom. The van der Waals surface area contributed by atoms with Crippen molar-refractivity contribution in [1.29, 1.82) is 0 Å². The number of nitrogens with zero attached hydrogens (tertiary/aromatic N) is 2. The molecule has 3 rings (SSSR count). The van der Waals surface area contributed by atoms with Crippen molar-refractivity contribution in [1.82, 2.24) is 15.3 Å². The van der Waals surface area contributed by atoms with Gasteiger partial charge in [0.1, 0.15) is 0 Å². The molecule has 2 aromatic rings. The molecule has 0 saturated heterocycles. The minimum atomic E-state index is -0.276. The Bertz CT molecular complexity index is 621. The van der Waals surface area contributed by atoms with Crippen molar-refractivity contribution in [2.45, 2.75) is 0 Å². The number of amides is 2. The summed E-state index contributed by atoms with van der Waals surface area (Å²) in [7, 11) is 0. The second-order valence-corrected chi connectivity index (χ2v) is 4.83. The standard InChI is InChI=1S/C11H11N5OS/c17-10(16-11-12-3-4-18-11)15-7-1-2-8-9(5-7)14-6-13-8/h1-2,5-6H,3-4H2,(H,13,14)(H2,12,15,16,17). The van der Waals surface area contributed by atoms with Crippen LogP contribution in [0.5, 0.6) is 0 Å². The lowest BCUT2D eigenvalue weighted by Gasteiger charge is -2.06. The molecule has 0 unspecified atom stereocenters. The number of aromatic nitrogens is 2. The number of anilines is 1. The third-order valence-electron chi connectivity index (χ3n) is 2.48. The second-order valence-electron chi connectivity index (χ2n) is 3.75. The van der Waals surface area contributed by atoms with Crippen molar-refractivity contribution < 1.29 is 4.79 Å². The number of benzene rings is 1. The van der Waals surface area contributed by atoms with Gasteiger partial charge < -0.3 is 10.3 Å². The van der Waals surface area contributed by atoms with E-state index in [0.29, 0.717) is 10.9 Å². The summed E-state index contributed by atoms with van der Waals surface area (Å²) in [6.07, 6.45) is 1.62. The van der Waals surface area contributed by atoms with Crippen LogP contribution in [0.3, 0.4) is 0 Å². The Hall–Kier alpha value is -2.02. The van der Waals surface area contributed by atoms with E-state index in [1.807, 2.05) is 18.2 Å². The number of carbonyl (C=O) groups excluding carboxylic acids is 1. The molecule has 1 aromatic heterocycles. The van der Waals surface area contributed by atoms with Crippen LogP contribution in [0.4, 0.5) is 10.5 Å². The number of aliphatic imine (C=N–C) groups is 1. The number of thioether (sulfide) groups is 1. The van der Waals surface area contributed by atoms with Crippen molar-refractivity contribution in [3.05, 3.63) is 24.5 Å². The number of H-pyrrole nitrogens is 1. The first-order chi connectivity index (χ1) is 8.81. The normalized spacial score (nSPS) is 14.6. The van der Waals surface area contributed by atoms with Crippen molar-refractivity contribution in [2.24, 2.45) is 4.99 Å². The third-order valence-corrected chi connectivity index (χ3v) is 3.38. The summed E-state index contributed by atoms with van der Waals surface area (Å²) < 4.78 is 0. The van der Waals surface area contributed by atoms with Crippen LogP contribution in [-0.2, 0) is 0 Å². The van der Waals surface area contributed by atoms with Crippen LogP contribution < -0.4 is 10.6 Å². The van der Waals surface area contributed by atoms with Gasteiger partial charge in [-0.1, -0.05) is 11.8 Å². The molecule has 0 fully saturated rings. The van der Waals surface area contributed by atoms with Gasteiger partial charge in [-0.05, 0) is 18.2 Å². The lowest BCUT2D eigenvalue weighted by Crippen LogP contribution is -2.31. The number of nitrogens with one attached hydrogen (secondary N) is 3. The molecule has 1 aromatic carbocycles. The van der Waals surface area contributed by atoms with Crippen LogP contribution in [0.25, 0.3) is 11.0 Å². The number of aromatic amines is 1. The van der Waals surface area contributed by atoms with Gasteiger partial charge in [-0.15, -0.1) is 0 Å². The van der Waals surface area contributed by atoms with E-state index in [9.17, 15) is 4.79 Å². The first-order valence-electron chi connectivity index (χ1n) is 5.50. The first kappa shape index (κ1) is 11.1. The van der Waals surface area contributed by atoms with Gasteiger partial charge in [-0.25, -0.2) is 9.78 Å². The molecule has 1 aliphatic rings. The van der Waals surface area contributed by atoms with Crippen LogP contribution in [0.15, 0.2) is 29.5 Å². The lowest BCUT2D eigenvalue weighted by molar-refractivity contribution is 0.256. The molecule has 0 radical (unpaired) electrons. The van der Waals surface area contributed by atoms with Crippen LogP contribution in [0.2, 0.25) is 0 Å². The van der Waals surface area contributed by atoms with Gasteiger partial charge in [0.15, 0.2) is 5.17 Å². The van der Waals surface area contributed by atoms with Crippen LogP contribution in [0, 0.1) is 0 Å². The van der Waals surface area contributed by atoms with Gasteiger partial charge in [0.05, 0.1) is 23.9 Å². The number of fused-ring (bicyclic) bond motifs is 1. The minimum absolute atomic E-state index is 0.276. The predicted molar refractivity (Wildman–Crippen MR) is 73.0 cm³/mol. The Kier molecular flexibility index (Phi) is 2.89. The van der Waals surface area contributed by atoms with Gasteiger partial charge in [0, 0.05) is 11.4 Å². The molecule has 2 heterocycles. The van der Waals surface area contributed by atoms with E-state index in [-0.39, 0.29) is 6.03 Å². The maximum atomic E-state index is 11.7. The summed E-state index contributed by atoms with van der Waals surface area (Å²) in [5.41, 5.74) is 2.48. The molecule has 6 nitrogen and oxygen atoms in total. The fourth-order valence-electron chi connectivity index (χ4n) is 1.68. The van der Waals surface area contributed by atoms with E-state index >= 15 is 0 Å². The van der Waals surface area contributed by atoms with E-state index in [2.05, 4.69) is 25.6 Å². The maximum Gasteiger partial charge on any atom is 0.325 e. The highest BCUT2D eigenvalue weighted by Crippen LogP contribution is 2.15. The molecule has 1 aliphatic heterocycles. The average Bonchev–Trinajstić information content (AvgIpc) is 2.98. The molecule has 3 N–H and O–H groups in total. The highest BCUT2D eigenvalue weighted by Gasteiger charge is 2.10. The van der Waals surface area contributed by atoms with Gasteiger partial charge in [0.2, 0.25) is 0 Å². The SMILES string of the molecule is O=C(NC1=NCCS1)Nc1ccc2nc[nH]c2c1. The summed E-state index contributed by atoms with van der Waals surface area (Å²) in [5.74, 6) is 0.926. The van der Waals surface area contributed by atoms with Crippen molar-refractivity contribution in [2.75, 3.05) is 17.6 Å². The number of hydrogen-bond acceptors (Lipinski definition) is 4. The third kappa shape index (κ3) is 2.30. The lowest BCUT2D eigenvalue weighted by atomic mass is 10.3. The Balaban J connectivity index is 1.69. The largest absolute Gasteiger partial charge is 0.345 e. The van der Waals surface area contributed by atoms with E-state index < -0.39 is 0 Å². The smallest absolute Gasteiger partial charge is 0.325 e. The van der Waals surface area contributed by atoms with E-state index in [4.69, 9.17) is 0 Å². The van der Waals surface area contributed by atoms with Crippen LogP contribution >= 0.6 is 11.8 Å². The summed E-state index contributed by atoms with van der Waals surface area (Å²) in [5, 5.41) is 6.14. The number of urea groups is 1. The molecule has 18 heavy (non-hydrogen) atoms. The fourth-order valence-corrected chi connectivity index (χ4v) is 2.41. The molecule has 0 saturated carbocycles. The van der Waals surface area contributed by atoms with Crippen LogP contribution in [0.1, 0.15) is 0 Å². The number of imidazole rings is 1. The Labute approximate surface area is 107 Å². The monoisotopic (exact) mass is 261 g/mol. The van der Waals surface area contributed by atoms with Gasteiger partial charge in [0.25, 0.3) is 0 Å².